The molecule has 0 aliphatic heterocycles. The average Bonchev–Trinajstić information content (AvgIpc) is 2.43. The van der Waals surface area contributed by atoms with Gasteiger partial charge in [0.2, 0.25) is 5.88 Å². The molecule has 0 bridgehead atoms. The van der Waals surface area contributed by atoms with Crippen LogP contribution in [0, 0.1) is 12.8 Å². The van der Waals surface area contributed by atoms with Crippen LogP contribution in [-0.2, 0) is 0 Å². The van der Waals surface area contributed by atoms with Crippen LogP contribution >= 0.6 is 0 Å². The van der Waals surface area contributed by atoms with E-state index in [4.69, 9.17) is 10.6 Å². The highest BCUT2D eigenvalue weighted by Crippen LogP contribution is 2.31. The lowest BCUT2D eigenvalue weighted by Gasteiger charge is -2.29. The van der Waals surface area contributed by atoms with Crippen LogP contribution in [0.5, 0.6) is 5.88 Å². The van der Waals surface area contributed by atoms with Crippen molar-refractivity contribution >= 4 is 5.82 Å². The number of nitrogens with two attached hydrogens (primary N) is 1. The second-order valence-corrected chi connectivity index (χ2v) is 6.08. The molecule has 0 spiro atoms. The van der Waals surface area contributed by atoms with Crippen LogP contribution in [0.2, 0.25) is 0 Å². The molecule has 2 unspecified atom stereocenters. The molecule has 0 saturated heterocycles. The van der Waals surface area contributed by atoms with E-state index in [0.29, 0.717) is 17.6 Å². The lowest BCUT2D eigenvalue weighted by molar-refractivity contribution is 0.0963. The SMILES string of the molecule is Cc1c(NN)nc(C(C)C)nc1OC1CCCCC1C. The molecular weight excluding hydrogens is 252 g/mol. The second kappa shape index (κ2) is 6.39. The van der Waals surface area contributed by atoms with E-state index in [-0.39, 0.29) is 12.0 Å². The Morgan fingerprint density at radius 1 is 1.25 bits per heavy atom. The topological polar surface area (TPSA) is 73.1 Å². The van der Waals surface area contributed by atoms with Crippen molar-refractivity contribution < 1.29 is 4.74 Å². The Balaban J connectivity index is 2.27. The van der Waals surface area contributed by atoms with Gasteiger partial charge in [-0.25, -0.2) is 10.8 Å². The summed E-state index contributed by atoms with van der Waals surface area (Å²) >= 11 is 0. The zero-order valence-corrected chi connectivity index (χ0v) is 12.9. The monoisotopic (exact) mass is 278 g/mol. The van der Waals surface area contributed by atoms with E-state index in [1.807, 2.05) is 6.92 Å². The normalized spacial score (nSPS) is 22.9. The number of hydrogen-bond donors (Lipinski definition) is 2. The maximum Gasteiger partial charge on any atom is 0.222 e. The Bertz CT molecular complexity index is 461. The second-order valence-electron chi connectivity index (χ2n) is 6.08. The molecule has 1 fully saturated rings. The van der Waals surface area contributed by atoms with Gasteiger partial charge in [-0.2, -0.15) is 4.98 Å². The van der Waals surface area contributed by atoms with Crippen molar-refractivity contribution in [3.8, 4) is 5.88 Å². The van der Waals surface area contributed by atoms with E-state index in [9.17, 15) is 0 Å². The molecule has 2 atom stereocenters. The predicted octanol–water partition coefficient (Wildman–Crippen LogP) is 3.15. The van der Waals surface area contributed by atoms with Crippen LogP contribution < -0.4 is 16.0 Å². The summed E-state index contributed by atoms with van der Waals surface area (Å²) in [4.78, 5) is 9.02. The fraction of sp³-hybridized carbons (Fsp3) is 0.733. The highest BCUT2D eigenvalue weighted by molar-refractivity contribution is 5.47. The molecule has 1 aliphatic carbocycles. The Hall–Kier alpha value is -1.36. The third-order valence-electron chi connectivity index (χ3n) is 4.07. The fourth-order valence-corrected chi connectivity index (χ4v) is 2.63. The summed E-state index contributed by atoms with van der Waals surface area (Å²) in [5, 5.41) is 0. The van der Waals surface area contributed by atoms with Crippen molar-refractivity contribution in [2.24, 2.45) is 11.8 Å². The van der Waals surface area contributed by atoms with Gasteiger partial charge in [0, 0.05) is 5.92 Å². The number of nitrogens with zero attached hydrogens (tertiary/aromatic N) is 2. The van der Waals surface area contributed by atoms with E-state index in [2.05, 4.69) is 36.2 Å². The standard InChI is InChI=1S/C15H26N4O/c1-9(2)13-17-14(19-16)11(4)15(18-13)20-12-8-6-5-7-10(12)3/h9-10,12H,5-8,16H2,1-4H3,(H,17,18,19). The van der Waals surface area contributed by atoms with E-state index in [1.165, 1.54) is 19.3 Å². The molecule has 1 heterocycles. The van der Waals surface area contributed by atoms with Gasteiger partial charge in [0.15, 0.2) is 0 Å². The minimum atomic E-state index is 0.244. The lowest BCUT2D eigenvalue weighted by Crippen LogP contribution is -2.29. The molecule has 1 aromatic heterocycles. The first-order chi connectivity index (χ1) is 9.52. The zero-order chi connectivity index (χ0) is 14.7. The Kier molecular flexibility index (Phi) is 4.81. The number of nitrogens with one attached hydrogen (secondary N) is 1. The van der Waals surface area contributed by atoms with Crippen LogP contribution in [-0.4, -0.2) is 16.1 Å². The van der Waals surface area contributed by atoms with Gasteiger partial charge in [-0.1, -0.05) is 27.2 Å². The number of anilines is 1. The van der Waals surface area contributed by atoms with Crippen LogP contribution in [0.1, 0.15) is 63.8 Å². The first-order valence-electron chi connectivity index (χ1n) is 7.54. The summed E-state index contributed by atoms with van der Waals surface area (Å²) in [7, 11) is 0. The molecule has 5 heteroatoms. The number of ether oxygens (including phenoxy) is 1. The minimum Gasteiger partial charge on any atom is -0.474 e. The highest BCUT2D eigenvalue weighted by Gasteiger charge is 2.25. The minimum absolute atomic E-state index is 0.244. The zero-order valence-electron chi connectivity index (χ0n) is 12.9. The highest BCUT2D eigenvalue weighted by atomic mass is 16.5. The van der Waals surface area contributed by atoms with E-state index in [0.717, 1.165) is 17.8 Å². The summed E-state index contributed by atoms with van der Waals surface area (Å²) in [6.45, 7) is 8.34. The van der Waals surface area contributed by atoms with Gasteiger partial charge in [0.25, 0.3) is 0 Å². The molecule has 2 rings (SSSR count). The molecule has 1 aliphatic rings. The van der Waals surface area contributed by atoms with Crippen LogP contribution in [0.15, 0.2) is 0 Å². The van der Waals surface area contributed by atoms with Crippen molar-refractivity contribution in [3.63, 3.8) is 0 Å². The molecule has 1 saturated carbocycles. The Labute approximate surface area is 121 Å². The van der Waals surface area contributed by atoms with E-state index < -0.39 is 0 Å². The molecule has 5 nitrogen and oxygen atoms in total. The largest absolute Gasteiger partial charge is 0.474 e. The number of hydrogen-bond acceptors (Lipinski definition) is 5. The van der Waals surface area contributed by atoms with Crippen LogP contribution in [0.3, 0.4) is 0 Å². The van der Waals surface area contributed by atoms with Crippen LogP contribution in [0.25, 0.3) is 0 Å². The lowest BCUT2D eigenvalue weighted by atomic mass is 9.88. The van der Waals surface area contributed by atoms with Crippen molar-refractivity contribution in [1.29, 1.82) is 0 Å². The molecule has 20 heavy (non-hydrogen) atoms. The van der Waals surface area contributed by atoms with Gasteiger partial charge in [0.1, 0.15) is 17.7 Å². The molecule has 1 aromatic rings. The number of nitrogen functional groups attached to an aromatic ring is 1. The smallest absolute Gasteiger partial charge is 0.222 e. The first-order valence-corrected chi connectivity index (χ1v) is 7.54. The first kappa shape index (κ1) is 15.0. The van der Waals surface area contributed by atoms with Gasteiger partial charge in [-0.3, -0.25) is 0 Å². The van der Waals surface area contributed by atoms with Gasteiger partial charge in [-0.15, -0.1) is 0 Å². The summed E-state index contributed by atoms with van der Waals surface area (Å²) in [5.74, 6) is 8.47. The predicted molar refractivity (Wildman–Crippen MR) is 80.7 cm³/mol. The van der Waals surface area contributed by atoms with Gasteiger partial charge in [-0.05, 0) is 32.1 Å². The van der Waals surface area contributed by atoms with Crippen molar-refractivity contribution in [2.75, 3.05) is 5.43 Å². The van der Waals surface area contributed by atoms with Crippen molar-refractivity contribution in [1.82, 2.24) is 9.97 Å². The fourth-order valence-electron chi connectivity index (χ4n) is 2.63. The summed E-state index contributed by atoms with van der Waals surface area (Å²) in [5.41, 5.74) is 3.53. The van der Waals surface area contributed by atoms with Crippen LogP contribution in [0.4, 0.5) is 5.82 Å². The van der Waals surface area contributed by atoms with Gasteiger partial charge >= 0.3 is 0 Å². The van der Waals surface area contributed by atoms with Crippen molar-refractivity contribution in [3.05, 3.63) is 11.4 Å². The molecule has 3 N–H and O–H groups in total. The Morgan fingerprint density at radius 3 is 2.55 bits per heavy atom. The summed E-state index contributed by atoms with van der Waals surface area (Å²) in [6, 6.07) is 0. The Morgan fingerprint density at radius 2 is 1.95 bits per heavy atom. The summed E-state index contributed by atoms with van der Waals surface area (Å²) in [6.07, 6.45) is 5.12. The van der Waals surface area contributed by atoms with E-state index >= 15 is 0 Å². The molecule has 112 valence electrons. The molecule has 0 amide bonds. The van der Waals surface area contributed by atoms with Gasteiger partial charge < -0.3 is 10.2 Å². The number of rotatable bonds is 4. The quantitative estimate of drug-likeness (QED) is 0.654. The maximum absolute atomic E-state index is 6.18. The maximum atomic E-state index is 6.18. The average molecular weight is 278 g/mol. The molecular formula is C15H26N4O. The molecule has 0 radical (unpaired) electrons. The molecule has 0 aromatic carbocycles. The number of aromatic nitrogens is 2. The van der Waals surface area contributed by atoms with E-state index in [1.54, 1.807) is 0 Å². The number of hydrazine groups is 1. The van der Waals surface area contributed by atoms with Gasteiger partial charge in [0.05, 0.1) is 5.56 Å². The van der Waals surface area contributed by atoms with Crippen molar-refractivity contribution in [2.45, 2.75) is 65.4 Å². The third kappa shape index (κ3) is 3.20. The summed E-state index contributed by atoms with van der Waals surface area (Å²) < 4.78 is 6.18. The third-order valence-corrected chi connectivity index (χ3v) is 4.07.